The summed E-state index contributed by atoms with van der Waals surface area (Å²) in [7, 11) is 0. The predicted molar refractivity (Wildman–Crippen MR) is 103 cm³/mol. The molecular formula is C19H14F2N4O2S. The van der Waals surface area contributed by atoms with Crippen molar-refractivity contribution in [2.45, 2.75) is 13.2 Å². The second kappa shape index (κ2) is 7.73. The number of nitrogens with zero attached hydrogens (tertiary/aromatic N) is 3. The Bertz CT molecular complexity index is 1110. The van der Waals surface area contributed by atoms with Gasteiger partial charge in [0.05, 0.1) is 23.1 Å². The zero-order valence-corrected chi connectivity index (χ0v) is 15.2. The third-order valence-corrected chi connectivity index (χ3v) is 4.72. The van der Waals surface area contributed by atoms with Crippen LogP contribution in [-0.2, 0) is 11.3 Å². The van der Waals surface area contributed by atoms with Gasteiger partial charge in [-0.2, -0.15) is 8.78 Å². The molecule has 1 amide bonds. The van der Waals surface area contributed by atoms with E-state index in [1.165, 1.54) is 23.5 Å². The molecule has 0 aliphatic carbocycles. The Morgan fingerprint density at radius 2 is 1.96 bits per heavy atom. The number of imidazole rings is 1. The number of thiazole rings is 1. The minimum atomic E-state index is -2.86. The molecule has 0 radical (unpaired) electrons. The second-order valence-electron chi connectivity index (χ2n) is 5.85. The number of nitrogens with one attached hydrogen (secondary N) is 1. The molecule has 0 saturated carbocycles. The maximum atomic E-state index is 12.3. The number of rotatable bonds is 6. The van der Waals surface area contributed by atoms with Crippen molar-refractivity contribution in [1.29, 1.82) is 0 Å². The largest absolute Gasteiger partial charge is 0.435 e. The molecule has 2 aromatic carbocycles. The Morgan fingerprint density at radius 3 is 2.75 bits per heavy atom. The highest BCUT2D eigenvalue weighted by molar-refractivity contribution is 7.14. The van der Waals surface area contributed by atoms with Crippen molar-refractivity contribution in [3.05, 3.63) is 60.2 Å². The van der Waals surface area contributed by atoms with Crippen LogP contribution in [-0.4, -0.2) is 27.1 Å². The molecule has 0 spiro atoms. The number of ether oxygens (including phenoxy) is 1. The van der Waals surface area contributed by atoms with Crippen LogP contribution in [0.15, 0.2) is 60.2 Å². The minimum absolute atomic E-state index is 0.0788. The Labute approximate surface area is 162 Å². The molecule has 6 nitrogen and oxygen atoms in total. The summed E-state index contributed by atoms with van der Waals surface area (Å²) in [5, 5.41) is 5.01. The maximum absolute atomic E-state index is 12.3. The van der Waals surface area contributed by atoms with Gasteiger partial charge in [0.2, 0.25) is 5.91 Å². The van der Waals surface area contributed by atoms with Crippen molar-refractivity contribution in [3.8, 4) is 17.0 Å². The van der Waals surface area contributed by atoms with Gasteiger partial charge in [0.1, 0.15) is 12.3 Å². The first-order valence-corrected chi connectivity index (χ1v) is 9.17. The van der Waals surface area contributed by atoms with E-state index >= 15 is 0 Å². The van der Waals surface area contributed by atoms with Crippen LogP contribution in [0.1, 0.15) is 0 Å². The van der Waals surface area contributed by atoms with Crippen LogP contribution in [0.4, 0.5) is 13.9 Å². The highest BCUT2D eigenvalue weighted by atomic mass is 32.1. The van der Waals surface area contributed by atoms with Crippen molar-refractivity contribution in [2.75, 3.05) is 5.32 Å². The van der Waals surface area contributed by atoms with Crippen molar-refractivity contribution in [1.82, 2.24) is 14.5 Å². The zero-order valence-electron chi connectivity index (χ0n) is 14.4. The topological polar surface area (TPSA) is 69.0 Å². The van der Waals surface area contributed by atoms with Gasteiger partial charge in [-0.25, -0.2) is 9.97 Å². The molecule has 0 atom stereocenters. The van der Waals surface area contributed by atoms with Crippen molar-refractivity contribution in [3.63, 3.8) is 0 Å². The third kappa shape index (κ3) is 3.99. The minimum Gasteiger partial charge on any atom is -0.435 e. The Morgan fingerprint density at radius 1 is 1.18 bits per heavy atom. The highest BCUT2D eigenvalue weighted by Crippen LogP contribution is 2.27. The lowest BCUT2D eigenvalue weighted by atomic mass is 10.2. The summed E-state index contributed by atoms with van der Waals surface area (Å²) >= 11 is 1.28. The molecule has 2 heterocycles. The first-order chi connectivity index (χ1) is 13.6. The number of para-hydroxylation sites is 2. The molecule has 0 aliphatic rings. The lowest BCUT2D eigenvalue weighted by Gasteiger charge is -2.05. The van der Waals surface area contributed by atoms with E-state index in [1.807, 2.05) is 24.3 Å². The second-order valence-corrected chi connectivity index (χ2v) is 6.71. The standard InChI is InChI=1S/C19H14F2N4O2S/c20-18(21)27-13-7-5-12(6-8-13)15-10-28-19(23-15)24-17(26)9-25-11-22-14-3-1-2-4-16(14)25/h1-8,10-11,18H,9H2,(H,23,24,26). The van der Waals surface area contributed by atoms with Gasteiger partial charge in [0.25, 0.3) is 0 Å². The molecule has 0 fully saturated rings. The molecule has 142 valence electrons. The molecule has 4 rings (SSSR count). The number of aromatic nitrogens is 3. The van der Waals surface area contributed by atoms with Gasteiger partial charge in [-0.05, 0) is 36.4 Å². The number of anilines is 1. The zero-order chi connectivity index (χ0) is 19.5. The van der Waals surface area contributed by atoms with Crippen LogP contribution < -0.4 is 10.1 Å². The number of carbonyl (C=O) groups is 1. The average molecular weight is 400 g/mol. The normalized spacial score (nSPS) is 11.1. The van der Waals surface area contributed by atoms with Gasteiger partial charge in [-0.15, -0.1) is 11.3 Å². The molecular weight excluding hydrogens is 386 g/mol. The lowest BCUT2D eigenvalue weighted by Crippen LogP contribution is -2.18. The molecule has 0 saturated heterocycles. The molecule has 0 aliphatic heterocycles. The van der Waals surface area contributed by atoms with E-state index in [1.54, 1.807) is 28.4 Å². The molecule has 0 bridgehead atoms. The van der Waals surface area contributed by atoms with Gasteiger partial charge >= 0.3 is 6.61 Å². The van der Waals surface area contributed by atoms with Crippen LogP contribution in [0, 0.1) is 0 Å². The predicted octanol–water partition coefficient (Wildman–Crippen LogP) is 4.40. The monoisotopic (exact) mass is 400 g/mol. The van der Waals surface area contributed by atoms with Gasteiger partial charge in [-0.1, -0.05) is 12.1 Å². The molecule has 9 heteroatoms. The van der Waals surface area contributed by atoms with Crippen LogP contribution in [0.3, 0.4) is 0 Å². The summed E-state index contributed by atoms with van der Waals surface area (Å²) in [5.41, 5.74) is 3.07. The number of hydrogen-bond donors (Lipinski definition) is 1. The van der Waals surface area contributed by atoms with Crippen LogP contribution in [0.5, 0.6) is 5.75 Å². The van der Waals surface area contributed by atoms with E-state index in [2.05, 4.69) is 20.0 Å². The van der Waals surface area contributed by atoms with Crippen molar-refractivity contribution < 1.29 is 18.3 Å². The summed E-state index contributed by atoms with van der Waals surface area (Å²) in [5.74, 6) is -0.139. The van der Waals surface area contributed by atoms with E-state index in [0.29, 0.717) is 10.8 Å². The lowest BCUT2D eigenvalue weighted by molar-refractivity contribution is -0.116. The van der Waals surface area contributed by atoms with Gasteiger partial charge in [-0.3, -0.25) is 4.79 Å². The summed E-state index contributed by atoms with van der Waals surface area (Å²) < 4.78 is 30.5. The van der Waals surface area contributed by atoms with Crippen LogP contribution in [0.2, 0.25) is 0 Å². The van der Waals surface area contributed by atoms with Crippen LogP contribution >= 0.6 is 11.3 Å². The Kier molecular flexibility index (Phi) is 4.98. The number of amides is 1. The molecule has 0 unspecified atom stereocenters. The Balaban J connectivity index is 1.42. The summed E-state index contributed by atoms with van der Waals surface area (Å²) in [6, 6.07) is 13.7. The van der Waals surface area contributed by atoms with E-state index in [-0.39, 0.29) is 18.2 Å². The van der Waals surface area contributed by atoms with Crippen molar-refractivity contribution in [2.24, 2.45) is 0 Å². The molecule has 28 heavy (non-hydrogen) atoms. The fourth-order valence-electron chi connectivity index (χ4n) is 2.72. The third-order valence-electron chi connectivity index (χ3n) is 3.97. The molecule has 1 N–H and O–H groups in total. The maximum Gasteiger partial charge on any atom is 0.387 e. The first-order valence-electron chi connectivity index (χ1n) is 8.29. The van der Waals surface area contributed by atoms with Gasteiger partial charge in [0, 0.05) is 10.9 Å². The molecule has 2 aromatic heterocycles. The van der Waals surface area contributed by atoms with Crippen LogP contribution in [0.25, 0.3) is 22.3 Å². The smallest absolute Gasteiger partial charge is 0.387 e. The van der Waals surface area contributed by atoms with Gasteiger partial charge in [0.15, 0.2) is 5.13 Å². The number of alkyl halides is 2. The highest BCUT2D eigenvalue weighted by Gasteiger charge is 2.11. The summed E-state index contributed by atoms with van der Waals surface area (Å²) in [6.45, 7) is -2.74. The Hall–Kier alpha value is -3.33. The number of halogens is 2. The number of carbonyl (C=O) groups excluding carboxylic acids is 1. The van der Waals surface area contributed by atoms with Gasteiger partial charge < -0.3 is 14.6 Å². The first kappa shape index (κ1) is 18.1. The fourth-order valence-corrected chi connectivity index (χ4v) is 3.46. The fraction of sp³-hybridized carbons (Fsp3) is 0.105. The number of hydrogen-bond acceptors (Lipinski definition) is 5. The number of fused-ring (bicyclic) bond motifs is 1. The molecule has 4 aromatic rings. The number of benzene rings is 2. The quantitative estimate of drug-likeness (QED) is 0.521. The SMILES string of the molecule is O=C(Cn1cnc2ccccc21)Nc1nc(-c2ccc(OC(F)F)cc2)cs1. The van der Waals surface area contributed by atoms with E-state index < -0.39 is 6.61 Å². The summed E-state index contributed by atoms with van der Waals surface area (Å²) in [6.07, 6.45) is 1.63. The van der Waals surface area contributed by atoms with E-state index in [9.17, 15) is 13.6 Å². The van der Waals surface area contributed by atoms with Crippen molar-refractivity contribution >= 4 is 33.4 Å². The summed E-state index contributed by atoms with van der Waals surface area (Å²) in [4.78, 5) is 21.0. The average Bonchev–Trinajstić information content (AvgIpc) is 3.29. The van der Waals surface area contributed by atoms with E-state index in [0.717, 1.165) is 16.6 Å². The van der Waals surface area contributed by atoms with E-state index in [4.69, 9.17) is 0 Å².